The van der Waals surface area contributed by atoms with Crippen LogP contribution in [0.5, 0.6) is 0 Å². The summed E-state index contributed by atoms with van der Waals surface area (Å²) in [5.74, 6) is -0.285. The highest BCUT2D eigenvalue weighted by molar-refractivity contribution is 6.01. The molecule has 2 aromatic carbocycles. The van der Waals surface area contributed by atoms with Crippen molar-refractivity contribution in [2.75, 3.05) is 25.0 Å². The highest BCUT2D eigenvalue weighted by Crippen LogP contribution is 2.21. The number of urea groups is 1. The predicted octanol–water partition coefficient (Wildman–Crippen LogP) is 2.59. The summed E-state index contributed by atoms with van der Waals surface area (Å²) in [5, 5.41) is 5.53. The van der Waals surface area contributed by atoms with Gasteiger partial charge in [0.15, 0.2) is 0 Å². The maximum Gasteiger partial charge on any atom is 0.324 e. The van der Waals surface area contributed by atoms with E-state index >= 15 is 0 Å². The maximum absolute atomic E-state index is 12.9. The Morgan fingerprint density at radius 3 is 2.60 bits per heavy atom. The van der Waals surface area contributed by atoms with E-state index in [0.717, 1.165) is 38.0 Å². The molecule has 0 radical (unpaired) electrons. The van der Waals surface area contributed by atoms with Crippen LogP contribution in [-0.4, -0.2) is 47.3 Å². The van der Waals surface area contributed by atoms with Crippen molar-refractivity contribution in [3.63, 3.8) is 0 Å². The SMILES string of the molecule is O=C(Nc1cccc(CN2C(=O)CNC2=O)c1)C1CCCN(Cc2ccccc2)C1. The number of carbonyl (C=O) groups is 3. The Bertz CT molecular complexity index is 915. The summed E-state index contributed by atoms with van der Waals surface area (Å²) in [7, 11) is 0. The maximum atomic E-state index is 12.9. The number of hydrogen-bond acceptors (Lipinski definition) is 4. The molecule has 2 saturated heterocycles. The monoisotopic (exact) mass is 406 g/mol. The van der Waals surface area contributed by atoms with Gasteiger partial charge < -0.3 is 10.6 Å². The molecule has 1 unspecified atom stereocenters. The van der Waals surface area contributed by atoms with Gasteiger partial charge in [0.25, 0.3) is 0 Å². The lowest BCUT2D eigenvalue weighted by Crippen LogP contribution is -2.40. The van der Waals surface area contributed by atoms with Crippen molar-refractivity contribution in [1.29, 1.82) is 0 Å². The third kappa shape index (κ3) is 4.86. The van der Waals surface area contributed by atoms with Crippen LogP contribution in [0.2, 0.25) is 0 Å². The molecule has 4 amide bonds. The molecule has 7 nitrogen and oxygen atoms in total. The van der Waals surface area contributed by atoms with Crippen LogP contribution in [-0.2, 0) is 22.7 Å². The molecule has 156 valence electrons. The Kier molecular flexibility index (Phi) is 6.09. The summed E-state index contributed by atoms with van der Waals surface area (Å²) in [5.41, 5.74) is 2.74. The number of anilines is 1. The number of imide groups is 1. The van der Waals surface area contributed by atoms with E-state index in [4.69, 9.17) is 0 Å². The number of benzene rings is 2. The molecular weight excluding hydrogens is 380 g/mol. The van der Waals surface area contributed by atoms with E-state index < -0.39 is 0 Å². The average Bonchev–Trinajstić information content (AvgIpc) is 3.07. The number of nitrogens with one attached hydrogen (secondary N) is 2. The molecule has 2 aliphatic rings. The number of likely N-dealkylation sites (tertiary alicyclic amines) is 1. The molecule has 0 aliphatic carbocycles. The summed E-state index contributed by atoms with van der Waals surface area (Å²) in [6.45, 7) is 2.83. The Hall–Kier alpha value is -3.19. The zero-order chi connectivity index (χ0) is 20.9. The molecule has 1 atom stereocenters. The Morgan fingerprint density at radius 2 is 1.83 bits per heavy atom. The number of nitrogens with zero attached hydrogens (tertiary/aromatic N) is 2. The van der Waals surface area contributed by atoms with E-state index in [1.54, 1.807) is 0 Å². The van der Waals surface area contributed by atoms with Crippen LogP contribution in [0.1, 0.15) is 24.0 Å². The second kappa shape index (κ2) is 9.09. The molecule has 2 fully saturated rings. The summed E-state index contributed by atoms with van der Waals surface area (Å²) in [4.78, 5) is 39.9. The molecule has 0 saturated carbocycles. The zero-order valence-corrected chi connectivity index (χ0v) is 16.8. The smallest absolute Gasteiger partial charge is 0.324 e. The predicted molar refractivity (Wildman–Crippen MR) is 113 cm³/mol. The Balaban J connectivity index is 1.35. The minimum atomic E-state index is -0.379. The first-order chi connectivity index (χ1) is 14.6. The first-order valence-electron chi connectivity index (χ1n) is 10.3. The van der Waals surface area contributed by atoms with Gasteiger partial charge in [0.1, 0.15) is 0 Å². The van der Waals surface area contributed by atoms with Crippen molar-refractivity contribution in [2.45, 2.75) is 25.9 Å². The number of piperidine rings is 1. The zero-order valence-electron chi connectivity index (χ0n) is 16.8. The quantitative estimate of drug-likeness (QED) is 0.723. The number of rotatable bonds is 6. The molecule has 30 heavy (non-hydrogen) atoms. The van der Waals surface area contributed by atoms with E-state index in [1.165, 1.54) is 10.5 Å². The topological polar surface area (TPSA) is 81.8 Å². The van der Waals surface area contributed by atoms with Crippen molar-refractivity contribution >= 4 is 23.5 Å². The Labute approximate surface area is 176 Å². The van der Waals surface area contributed by atoms with Gasteiger partial charge in [0.2, 0.25) is 11.8 Å². The van der Waals surface area contributed by atoms with Gasteiger partial charge in [-0.3, -0.25) is 19.4 Å². The molecule has 0 spiro atoms. The first-order valence-corrected chi connectivity index (χ1v) is 10.3. The van der Waals surface area contributed by atoms with Gasteiger partial charge in [-0.2, -0.15) is 0 Å². The van der Waals surface area contributed by atoms with Gasteiger partial charge >= 0.3 is 6.03 Å². The van der Waals surface area contributed by atoms with Crippen molar-refractivity contribution < 1.29 is 14.4 Å². The highest BCUT2D eigenvalue weighted by atomic mass is 16.2. The minimum absolute atomic E-state index is 0.0138. The van der Waals surface area contributed by atoms with Crippen LogP contribution in [0.15, 0.2) is 54.6 Å². The third-order valence-electron chi connectivity index (χ3n) is 5.60. The molecule has 2 aromatic rings. The summed E-state index contributed by atoms with van der Waals surface area (Å²) >= 11 is 0. The van der Waals surface area contributed by atoms with E-state index in [9.17, 15) is 14.4 Å². The van der Waals surface area contributed by atoms with Gasteiger partial charge in [-0.1, -0.05) is 42.5 Å². The van der Waals surface area contributed by atoms with Gasteiger partial charge in [-0.15, -0.1) is 0 Å². The number of amides is 4. The van der Waals surface area contributed by atoms with Crippen LogP contribution in [0.3, 0.4) is 0 Å². The van der Waals surface area contributed by atoms with Gasteiger partial charge in [0.05, 0.1) is 19.0 Å². The van der Waals surface area contributed by atoms with Crippen molar-refractivity contribution in [3.8, 4) is 0 Å². The number of hydrogen-bond donors (Lipinski definition) is 2. The fraction of sp³-hybridized carbons (Fsp3) is 0.348. The summed E-state index contributed by atoms with van der Waals surface area (Å²) < 4.78 is 0. The van der Waals surface area contributed by atoms with Crippen LogP contribution < -0.4 is 10.6 Å². The van der Waals surface area contributed by atoms with E-state index in [1.807, 2.05) is 42.5 Å². The molecule has 4 rings (SSSR count). The molecule has 2 heterocycles. The fourth-order valence-electron chi connectivity index (χ4n) is 4.04. The van der Waals surface area contributed by atoms with Crippen LogP contribution in [0.4, 0.5) is 10.5 Å². The largest absolute Gasteiger partial charge is 0.329 e. The normalized spacial score (nSPS) is 19.6. The van der Waals surface area contributed by atoms with Gasteiger partial charge in [-0.25, -0.2) is 4.79 Å². The van der Waals surface area contributed by atoms with Crippen LogP contribution in [0, 0.1) is 5.92 Å². The van der Waals surface area contributed by atoms with Crippen LogP contribution in [0.25, 0.3) is 0 Å². The standard InChI is InChI=1S/C23H26N4O3/c28-21-13-24-23(30)27(21)15-18-8-4-10-20(12-18)25-22(29)19-9-5-11-26(16-19)14-17-6-2-1-3-7-17/h1-4,6-8,10,12,19H,5,9,11,13-16H2,(H,24,30)(H,25,29). The fourth-order valence-corrected chi connectivity index (χ4v) is 4.04. The highest BCUT2D eigenvalue weighted by Gasteiger charge is 2.29. The second-order valence-electron chi connectivity index (χ2n) is 7.89. The average molecular weight is 406 g/mol. The summed E-state index contributed by atoms with van der Waals surface area (Å²) in [6.07, 6.45) is 1.87. The lowest BCUT2D eigenvalue weighted by atomic mass is 9.96. The van der Waals surface area contributed by atoms with Crippen molar-refractivity contribution in [3.05, 3.63) is 65.7 Å². The van der Waals surface area contributed by atoms with Gasteiger partial charge in [0, 0.05) is 18.8 Å². The molecular formula is C23H26N4O3. The van der Waals surface area contributed by atoms with Gasteiger partial charge in [-0.05, 0) is 42.6 Å². The molecule has 2 N–H and O–H groups in total. The number of carbonyl (C=O) groups excluding carboxylic acids is 3. The van der Waals surface area contributed by atoms with E-state index in [-0.39, 0.29) is 36.9 Å². The second-order valence-corrected chi connectivity index (χ2v) is 7.89. The molecule has 7 heteroatoms. The molecule has 0 aromatic heterocycles. The van der Waals surface area contributed by atoms with E-state index in [2.05, 4.69) is 27.7 Å². The van der Waals surface area contributed by atoms with Crippen molar-refractivity contribution in [2.24, 2.45) is 5.92 Å². The Morgan fingerprint density at radius 1 is 1.03 bits per heavy atom. The van der Waals surface area contributed by atoms with Crippen LogP contribution >= 0.6 is 0 Å². The first kappa shape index (κ1) is 20.1. The lowest BCUT2D eigenvalue weighted by molar-refractivity contribution is -0.125. The van der Waals surface area contributed by atoms with E-state index in [0.29, 0.717) is 5.69 Å². The lowest BCUT2D eigenvalue weighted by Gasteiger charge is -2.32. The summed E-state index contributed by atoms with van der Waals surface area (Å²) in [6, 6.07) is 17.3. The minimum Gasteiger partial charge on any atom is -0.329 e. The van der Waals surface area contributed by atoms with Crippen molar-refractivity contribution in [1.82, 2.24) is 15.1 Å². The molecule has 2 aliphatic heterocycles. The third-order valence-corrected chi connectivity index (χ3v) is 5.60. The molecule has 0 bridgehead atoms.